The maximum absolute atomic E-state index is 13.9. The van der Waals surface area contributed by atoms with Crippen molar-refractivity contribution in [2.75, 3.05) is 31.5 Å². The molecule has 1 atom stereocenters. The summed E-state index contributed by atoms with van der Waals surface area (Å²) in [5.41, 5.74) is 0.499. The molecule has 0 saturated carbocycles. The summed E-state index contributed by atoms with van der Waals surface area (Å²) in [5, 5.41) is 2.73. The summed E-state index contributed by atoms with van der Waals surface area (Å²) in [7, 11) is -3.91. The lowest BCUT2D eigenvalue weighted by molar-refractivity contribution is -0.917. The second-order valence-corrected chi connectivity index (χ2v) is 8.62. The van der Waals surface area contributed by atoms with E-state index in [1.165, 1.54) is 46.8 Å². The summed E-state index contributed by atoms with van der Waals surface area (Å²) in [4.78, 5) is 13.0. The van der Waals surface area contributed by atoms with Gasteiger partial charge in [-0.05, 0) is 43.3 Å². The molecule has 1 saturated heterocycles. The molecule has 0 bridgehead atoms. The van der Waals surface area contributed by atoms with Crippen LogP contribution in [0.25, 0.3) is 0 Å². The monoisotopic (exact) mass is 410 g/mol. The quantitative estimate of drug-likeness (QED) is 0.769. The molecule has 1 aliphatic heterocycles. The molecule has 28 heavy (non-hydrogen) atoms. The molecule has 0 aromatic heterocycles. The van der Waals surface area contributed by atoms with E-state index in [0.29, 0.717) is 18.8 Å². The Bertz CT molecular complexity index is 943. The fourth-order valence-corrected chi connectivity index (χ4v) is 4.72. The van der Waals surface area contributed by atoms with Gasteiger partial charge in [0.1, 0.15) is 16.5 Å². The summed E-state index contributed by atoms with van der Waals surface area (Å²) < 4.78 is 53.4. The molecule has 2 aromatic rings. The number of anilines is 1. The van der Waals surface area contributed by atoms with Crippen molar-refractivity contribution in [1.82, 2.24) is 4.31 Å². The standard InChI is InChI=1S/C19H21F2N3O3S/c1-14(19(25)22-16-8-6-15(20)7-9-16)23-10-12-24(13-11-23)28(26,27)18-5-3-2-4-17(18)21/h2-9,14H,10-13H2,1H3,(H,22,25)/p+1/t14-/m1/s1. The molecule has 150 valence electrons. The van der Waals surface area contributed by atoms with Gasteiger partial charge in [0.25, 0.3) is 5.91 Å². The van der Waals surface area contributed by atoms with Crippen LogP contribution in [0.3, 0.4) is 0 Å². The number of carbonyl (C=O) groups excluding carboxylic acids is 1. The van der Waals surface area contributed by atoms with E-state index in [0.717, 1.165) is 11.0 Å². The van der Waals surface area contributed by atoms with Gasteiger partial charge in [-0.15, -0.1) is 0 Å². The zero-order valence-electron chi connectivity index (χ0n) is 15.4. The SMILES string of the molecule is C[C@H](C(=O)Nc1ccc(F)cc1)[NH+]1CCN(S(=O)(=O)c2ccccc2F)CC1. The number of rotatable bonds is 5. The minimum absolute atomic E-state index is 0.195. The second-order valence-electron chi connectivity index (χ2n) is 6.71. The third-order valence-corrected chi connectivity index (χ3v) is 6.87. The highest BCUT2D eigenvalue weighted by Crippen LogP contribution is 2.18. The van der Waals surface area contributed by atoms with Gasteiger partial charge in [-0.2, -0.15) is 4.31 Å². The Morgan fingerprint density at radius 3 is 2.29 bits per heavy atom. The van der Waals surface area contributed by atoms with Gasteiger partial charge in [0, 0.05) is 5.69 Å². The average molecular weight is 410 g/mol. The minimum Gasteiger partial charge on any atom is -0.323 e. The topological polar surface area (TPSA) is 70.9 Å². The lowest BCUT2D eigenvalue weighted by Gasteiger charge is -2.34. The number of nitrogens with zero attached hydrogens (tertiary/aromatic N) is 1. The average Bonchev–Trinajstić information content (AvgIpc) is 2.69. The highest BCUT2D eigenvalue weighted by atomic mass is 32.2. The van der Waals surface area contributed by atoms with Crippen molar-refractivity contribution in [1.29, 1.82) is 0 Å². The zero-order chi connectivity index (χ0) is 20.3. The Kier molecular flexibility index (Phi) is 6.07. The van der Waals surface area contributed by atoms with Crippen LogP contribution in [0.4, 0.5) is 14.5 Å². The summed E-state index contributed by atoms with van der Waals surface area (Å²) >= 11 is 0. The first kappa shape index (κ1) is 20.4. The normalized spacial score (nSPS) is 17.2. The number of nitrogens with one attached hydrogen (secondary N) is 2. The number of quaternary nitrogens is 1. The molecule has 3 rings (SSSR count). The van der Waals surface area contributed by atoms with E-state index < -0.39 is 21.9 Å². The molecule has 1 aliphatic rings. The summed E-state index contributed by atoms with van der Waals surface area (Å²) in [5.74, 6) is -1.39. The van der Waals surface area contributed by atoms with Gasteiger partial charge >= 0.3 is 0 Å². The third-order valence-electron chi connectivity index (χ3n) is 4.94. The first-order chi connectivity index (χ1) is 13.3. The largest absolute Gasteiger partial charge is 0.323 e. The van der Waals surface area contributed by atoms with Crippen LogP contribution in [-0.2, 0) is 14.8 Å². The van der Waals surface area contributed by atoms with Crippen molar-refractivity contribution in [3.05, 3.63) is 60.2 Å². The molecule has 0 aliphatic carbocycles. The highest BCUT2D eigenvalue weighted by molar-refractivity contribution is 7.89. The fourth-order valence-electron chi connectivity index (χ4n) is 3.21. The van der Waals surface area contributed by atoms with Crippen LogP contribution in [0.1, 0.15) is 6.92 Å². The number of hydrogen-bond donors (Lipinski definition) is 2. The Labute approximate surface area is 162 Å². The molecule has 6 nitrogen and oxygen atoms in total. The summed E-state index contributed by atoms with van der Waals surface area (Å²) in [6, 6.07) is 10.4. The van der Waals surface area contributed by atoms with Gasteiger partial charge in [0.05, 0.1) is 26.2 Å². The van der Waals surface area contributed by atoms with E-state index in [4.69, 9.17) is 0 Å². The van der Waals surface area contributed by atoms with Crippen molar-refractivity contribution in [3.63, 3.8) is 0 Å². The van der Waals surface area contributed by atoms with E-state index >= 15 is 0 Å². The smallest absolute Gasteiger partial charge is 0.282 e. The van der Waals surface area contributed by atoms with Crippen LogP contribution in [0.5, 0.6) is 0 Å². The third kappa shape index (κ3) is 4.37. The number of sulfonamides is 1. The summed E-state index contributed by atoms with van der Waals surface area (Å²) in [6.45, 7) is 2.99. The lowest BCUT2D eigenvalue weighted by atomic mass is 10.2. The van der Waals surface area contributed by atoms with Crippen molar-refractivity contribution in [2.24, 2.45) is 0 Å². The van der Waals surface area contributed by atoms with E-state index in [-0.39, 0.29) is 29.7 Å². The van der Waals surface area contributed by atoms with Crippen LogP contribution in [0.15, 0.2) is 53.4 Å². The molecule has 2 aromatic carbocycles. The predicted octanol–water partition coefficient (Wildman–Crippen LogP) is 0.881. The van der Waals surface area contributed by atoms with Crippen molar-refractivity contribution >= 4 is 21.6 Å². The van der Waals surface area contributed by atoms with Gasteiger partial charge in [0.2, 0.25) is 10.0 Å². The Hall–Kier alpha value is -2.36. The number of carbonyl (C=O) groups is 1. The molecular formula is C19H22F2N3O3S+. The Morgan fingerprint density at radius 1 is 1.07 bits per heavy atom. The zero-order valence-corrected chi connectivity index (χ0v) is 16.2. The highest BCUT2D eigenvalue weighted by Gasteiger charge is 2.35. The maximum atomic E-state index is 13.9. The molecule has 1 heterocycles. The molecule has 0 radical (unpaired) electrons. The number of piperazine rings is 1. The van der Waals surface area contributed by atoms with Crippen molar-refractivity contribution < 1.29 is 26.9 Å². The predicted molar refractivity (Wildman–Crippen MR) is 100 cm³/mol. The van der Waals surface area contributed by atoms with Gasteiger partial charge in [-0.25, -0.2) is 17.2 Å². The van der Waals surface area contributed by atoms with Crippen molar-refractivity contribution in [2.45, 2.75) is 17.9 Å². The Morgan fingerprint density at radius 2 is 1.68 bits per heavy atom. The molecular weight excluding hydrogens is 388 g/mol. The van der Waals surface area contributed by atoms with Gasteiger partial charge in [-0.3, -0.25) is 4.79 Å². The number of amides is 1. The van der Waals surface area contributed by atoms with Crippen LogP contribution in [0, 0.1) is 11.6 Å². The number of benzene rings is 2. The molecule has 1 fully saturated rings. The molecule has 2 N–H and O–H groups in total. The first-order valence-electron chi connectivity index (χ1n) is 8.95. The van der Waals surface area contributed by atoms with Crippen LogP contribution >= 0.6 is 0 Å². The van der Waals surface area contributed by atoms with E-state index in [9.17, 15) is 22.0 Å². The minimum atomic E-state index is -3.91. The molecule has 9 heteroatoms. The summed E-state index contributed by atoms with van der Waals surface area (Å²) in [6.07, 6.45) is 0. The Balaban J connectivity index is 1.60. The molecule has 0 spiro atoms. The van der Waals surface area contributed by atoms with E-state index in [1.807, 2.05) is 0 Å². The van der Waals surface area contributed by atoms with Crippen LogP contribution in [-0.4, -0.2) is 50.9 Å². The fraction of sp³-hybridized carbons (Fsp3) is 0.316. The first-order valence-corrected chi connectivity index (χ1v) is 10.4. The van der Waals surface area contributed by atoms with Gasteiger partial charge in [0.15, 0.2) is 6.04 Å². The maximum Gasteiger partial charge on any atom is 0.282 e. The molecule has 1 amide bonds. The van der Waals surface area contributed by atoms with Crippen molar-refractivity contribution in [3.8, 4) is 0 Å². The van der Waals surface area contributed by atoms with Gasteiger partial charge in [-0.1, -0.05) is 12.1 Å². The van der Waals surface area contributed by atoms with Gasteiger partial charge < -0.3 is 10.2 Å². The molecule has 0 unspecified atom stereocenters. The second kappa shape index (κ2) is 8.34. The number of hydrogen-bond acceptors (Lipinski definition) is 3. The van der Waals surface area contributed by atoms with Crippen LogP contribution < -0.4 is 10.2 Å². The van der Waals surface area contributed by atoms with E-state index in [2.05, 4.69) is 5.32 Å². The van der Waals surface area contributed by atoms with Crippen LogP contribution in [0.2, 0.25) is 0 Å². The number of halogens is 2. The van der Waals surface area contributed by atoms with E-state index in [1.54, 1.807) is 6.92 Å². The lowest BCUT2D eigenvalue weighted by Crippen LogP contribution is -3.19.